The minimum absolute atomic E-state index is 0.257. The Morgan fingerprint density at radius 3 is 2.79 bits per heavy atom. The molecule has 1 unspecified atom stereocenters. The third-order valence-electron chi connectivity index (χ3n) is 4.61. The van der Waals surface area contributed by atoms with Crippen molar-refractivity contribution in [2.45, 2.75) is 45.8 Å². The van der Waals surface area contributed by atoms with Crippen LogP contribution in [-0.2, 0) is 20.0 Å². The minimum Gasteiger partial charge on any atom is -0.390 e. The van der Waals surface area contributed by atoms with Crippen LogP contribution in [0.3, 0.4) is 0 Å². The van der Waals surface area contributed by atoms with Crippen molar-refractivity contribution >= 4 is 6.03 Å². The van der Waals surface area contributed by atoms with Crippen LogP contribution in [0.15, 0.2) is 6.20 Å². The molecule has 1 atom stereocenters. The summed E-state index contributed by atoms with van der Waals surface area (Å²) in [7, 11) is 1.88. The maximum absolute atomic E-state index is 11.9. The Morgan fingerprint density at radius 2 is 2.12 bits per heavy atom. The molecule has 3 N–H and O–H groups in total. The molecule has 0 radical (unpaired) electrons. The van der Waals surface area contributed by atoms with Crippen LogP contribution in [0, 0.1) is 5.92 Å². The summed E-state index contributed by atoms with van der Waals surface area (Å²) in [5, 5.41) is 20.0. The predicted octanol–water partition coefficient (Wildman–Crippen LogP) is 0.875. The highest BCUT2D eigenvalue weighted by Crippen LogP contribution is 2.15. The number of rotatable bonds is 7. The van der Waals surface area contributed by atoms with Gasteiger partial charge in [-0.1, -0.05) is 13.8 Å². The molecule has 2 heterocycles. The summed E-state index contributed by atoms with van der Waals surface area (Å²) in [6.45, 7) is 7.72. The van der Waals surface area contributed by atoms with Crippen LogP contribution >= 0.6 is 0 Å². The largest absolute Gasteiger partial charge is 0.390 e. The zero-order valence-electron chi connectivity index (χ0n) is 15.1. The Labute approximate surface area is 144 Å². The number of aromatic nitrogens is 2. The van der Waals surface area contributed by atoms with Gasteiger partial charge in [0.1, 0.15) is 0 Å². The highest BCUT2D eigenvalue weighted by atomic mass is 16.3. The van der Waals surface area contributed by atoms with Crippen LogP contribution < -0.4 is 10.6 Å². The Hall–Kier alpha value is -1.60. The second-order valence-corrected chi connectivity index (χ2v) is 6.83. The molecule has 7 heteroatoms. The molecule has 0 aromatic carbocycles. The molecule has 1 aromatic heterocycles. The Kier molecular flexibility index (Phi) is 7.05. The molecule has 7 nitrogen and oxygen atoms in total. The summed E-state index contributed by atoms with van der Waals surface area (Å²) in [5.41, 5.74) is 2.02. The first kappa shape index (κ1) is 18.7. The van der Waals surface area contributed by atoms with Crippen molar-refractivity contribution in [3.05, 3.63) is 17.5 Å². The Balaban J connectivity index is 1.65. The number of carbonyl (C=O) groups is 1. The third-order valence-corrected chi connectivity index (χ3v) is 4.61. The number of likely N-dealkylation sites (tertiary alicyclic amines) is 1. The van der Waals surface area contributed by atoms with E-state index in [0.29, 0.717) is 13.1 Å². The molecule has 0 aliphatic carbocycles. The highest BCUT2D eigenvalue weighted by molar-refractivity contribution is 5.73. The fraction of sp³-hybridized carbons (Fsp3) is 0.765. The van der Waals surface area contributed by atoms with Gasteiger partial charge in [-0.25, -0.2) is 4.79 Å². The number of nitrogens with zero attached hydrogens (tertiary/aromatic N) is 3. The standard InChI is InChI=1S/C17H31N5O2/c1-4-16-14(11-21(3)20-16)9-18-17(24)19-10-15(23)12-22-7-5-13(2)6-8-22/h11,13,15,23H,4-10,12H2,1-3H3,(H2,18,19,24). The number of carbonyl (C=O) groups excluding carboxylic acids is 1. The summed E-state index contributed by atoms with van der Waals surface area (Å²) in [5.74, 6) is 0.780. The number of aliphatic hydroxyl groups excluding tert-OH is 1. The van der Waals surface area contributed by atoms with Gasteiger partial charge in [0.25, 0.3) is 0 Å². The molecular weight excluding hydrogens is 306 g/mol. The summed E-state index contributed by atoms with van der Waals surface area (Å²) < 4.78 is 1.76. The van der Waals surface area contributed by atoms with Gasteiger partial charge >= 0.3 is 6.03 Å². The van der Waals surface area contributed by atoms with Crippen LogP contribution in [0.4, 0.5) is 4.79 Å². The van der Waals surface area contributed by atoms with E-state index < -0.39 is 6.10 Å². The summed E-state index contributed by atoms with van der Waals surface area (Å²) in [6, 6.07) is -0.257. The first-order valence-corrected chi connectivity index (χ1v) is 8.91. The zero-order chi connectivity index (χ0) is 17.5. The maximum Gasteiger partial charge on any atom is 0.315 e. The van der Waals surface area contributed by atoms with Gasteiger partial charge < -0.3 is 20.6 Å². The van der Waals surface area contributed by atoms with Crippen molar-refractivity contribution in [1.82, 2.24) is 25.3 Å². The summed E-state index contributed by atoms with van der Waals surface area (Å²) in [6.07, 6.45) is 4.60. The normalized spacial score (nSPS) is 17.7. The second kappa shape index (κ2) is 9.03. The van der Waals surface area contributed by atoms with E-state index in [0.717, 1.165) is 36.7 Å². The van der Waals surface area contributed by atoms with Gasteiger partial charge in [-0.05, 0) is 38.3 Å². The summed E-state index contributed by atoms with van der Waals surface area (Å²) >= 11 is 0. The van der Waals surface area contributed by atoms with Gasteiger partial charge in [0.05, 0.1) is 11.8 Å². The number of nitrogens with one attached hydrogen (secondary N) is 2. The van der Waals surface area contributed by atoms with Crippen molar-refractivity contribution in [3.8, 4) is 0 Å². The predicted molar refractivity (Wildman–Crippen MR) is 93.7 cm³/mol. The van der Waals surface area contributed by atoms with Gasteiger partial charge in [0, 0.05) is 38.4 Å². The smallest absolute Gasteiger partial charge is 0.315 e. The molecule has 24 heavy (non-hydrogen) atoms. The number of amides is 2. The fourth-order valence-electron chi connectivity index (χ4n) is 3.08. The van der Waals surface area contributed by atoms with E-state index >= 15 is 0 Å². The van der Waals surface area contributed by atoms with E-state index in [1.54, 1.807) is 4.68 Å². The number of aryl methyl sites for hydroxylation is 2. The molecule has 0 spiro atoms. The zero-order valence-corrected chi connectivity index (χ0v) is 15.1. The molecule has 0 bridgehead atoms. The first-order chi connectivity index (χ1) is 11.5. The van der Waals surface area contributed by atoms with Gasteiger partial charge in [0.15, 0.2) is 0 Å². The average molecular weight is 337 g/mol. The van der Waals surface area contributed by atoms with Gasteiger partial charge in [-0.3, -0.25) is 4.68 Å². The lowest BCUT2D eigenvalue weighted by atomic mass is 9.99. The molecular formula is C17H31N5O2. The van der Waals surface area contributed by atoms with Gasteiger partial charge in [-0.15, -0.1) is 0 Å². The molecule has 136 valence electrons. The van der Waals surface area contributed by atoms with Crippen molar-refractivity contribution in [2.24, 2.45) is 13.0 Å². The maximum atomic E-state index is 11.9. The first-order valence-electron chi connectivity index (χ1n) is 8.91. The van der Waals surface area contributed by atoms with Crippen LogP contribution in [0.2, 0.25) is 0 Å². The molecule has 1 saturated heterocycles. The number of piperidine rings is 1. The molecule has 1 fully saturated rings. The highest BCUT2D eigenvalue weighted by Gasteiger charge is 2.18. The molecule has 1 aliphatic rings. The average Bonchev–Trinajstić information content (AvgIpc) is 2.93. The Bertz CT molecular complexity index is 523. The van der Waals surface area contributed by atoms with Gasteiger partial charge in [-0.2, -0.15) is 5.10 Å². The SMILES string of the molecule is CCc1nn(C)cc1CNC(=O)NCC(O)CN1CCC(C)CC1. The van der Waals surface area contributed by atoms with Crippen LogP contribution in [0.5, 0.6) is 0 Å². The van der Waals surface area contributed by atoms with E-state index in [1.165, 1.54) is 12.8 Å². The van der Waals surface area contributed by atoms with E-state index in [2.05, 4.69) is 27.6 Å². The van der Waals surface area contributed by atoms with Crippen LogP contribution in [0.25, 0.3) is 0 Å². The van der Waals surface area contributed by atoms with Crippen molar-refractivity contribution in [3.63, 3.8) is 0 Å². The third kappa shape index (κ3) is 5.79. The lowest BCUT2D eigenvalue weighted by Crippen LogP contribution is -2.45. The van der Waals surface area contributed by atoms with E-state index in [4.69, 9.17) is 0 Å². The number of hydrogen-bond acceptors (Lipinski definition) is 4. The van der Waals surface area contributed by atoms with E-state index in [1.807, 2.05) is 20.2 Å². The molecule has 2 amide bonds. The monoisotopic (exact) mass is 337 g/mol. The van der Waals surface area contributed by atoms with Crippen LogP contribution in [-0.4, -0.2) is 58.1 Å². The quantitative estimate of drug-likeness (QED) is 0.690. The molecule has 1 aliphatic heterocycles. The fourth-order valence-corrected chi connectivity index (χ4v) is 3.08. The lowest BCUT2D eigenvalue weighted by molar-refractivity contribution is 0.0920. The number of urea groups is 1. The number of β-amino-alcohol motifs (C(OH)–C–C–N with tert-alkyl or cyclic N) is 1. The van der Waals surface area contributed by atoms with Crippen LogP contribution in [0.1, 0.15) is 37.9 Å². The molecule has 2 rings (SSSR count). The number of aliphatic hydroxyl groups is 1. The van der Waals surface area contributed by atoms with Gasteiger partial charge in [0.2, 0.25) is 0 Å². The topological polar surface area (TPSA) is 82.4 Å². The van der Waals surface area contributed by atoms with Crippen molar-refractivity contribution in [2.75, 3.05) is 26.2 Å². The second-order valence-electron chi connectivity index (χ2n) is 6.83. The number of hydrogen-bond donors (Lipinski definition) is 3. The lowest BCUT2D eigenvalue weighted by Gasteiger charge is -2.31. The van der Waals surface area contributed by atoms with E-state index in [-0.39, 0.29) is 12.6 Å². The summed E-state index contributed by atoms with van der Waals surface area (Å²) in [4.78, 5) is 14.2. The minimum atomic E-state index is -0.534. The van der Waals surface area contributed by atoms with Crippen molar-refractivity contribution < 1.29 is 9.90 Å². The van der Waals surface area contributed by atoms with Crippen molar-refractivity contribution in [1.29, 1.82) is 0 Å². The molecule has 1 aromatic rings. The van der Waals surface area contributed by atoms with E-state index in [9.17, 15) is 9.90 Å². The molecule has 0 saturated carbocycles. The Morgan fingerprint density at radius 1 is 1.42 bits per heavy atom.